The Bertz CT molecular complexity index is 440. The summed E-state index contributed by atoms with van der Waals surface area (Å²) in [6.45, 7) is 0. The summed E-state index contributed by atoms with van der Waals surface area (Å²) in [5, 5.41) is 0. The van der Waals surface area contributed by atoms with E-state index in [2.05, 4.69) is 9.97 Å². The molecule has 82 valence electrons. The summed E-state index contributed by atoms with van der Waals surface area (Å²) in [4.78, 5) is 6.94. The van der Waals surface area contributed by atoms with Crippen LogP contribution in [0.15, 0.2) is 36.7 Å². The van der Waals surface area contributed by atoms with Crippen LogP contribution >= 0.6 is 0 Å². The predicted octanol–water partition coefficient (Wildman–Crippen LogP) is 2.54. The van der Waals surface area contributed by atoms with E-state index >= 15 is 0 Å². The Balaban J connectivity index is 2.02. The van der Waals surface area contributed by atoms with Crippen LogP contribution in [0.4, 0.5) is 8.78 Å². The number of nitrogens with zero attached hydrogens (tertiary/aromatic N) is 2. The van der Waals surface area contributed by atoms with Crippen molar-refractivity contribution in [1.29, 1.82) is 0 Å². The number of rotatable bonds is 3. The van der Waals surface area contributed by atoms with Gasteiger partial charge in [0.25, 0.3) is 0 Å². The molecule has 2 heterocycles. The molecule has 2 nitrogen and oxygen atoms in total. The molecule has 0 aliphatic rings. The van der Waals surface area contributed by atoms with Gasteiger partial charge in [0.15, 0.2) is 0 Å². The molecular formula is C12H10F2N2. The van der Waals surface area contributed by atoms with Gasteiger partial charge in [0.05, 0.1) is 0 Å². The first kappa shape index (κ1) is 10.7. The molecule has 2 aromatic heterocycles. The van der Waals surface area contributed by atoms with E-state index in [0.717, 1.165) is 11.1 Å². The van der Waals surface area contributed by atoms with E-state index in [4.69, 9.17) is 0 Å². The third kappa shape index (κ3) is 2.82. The van der Waals surface area contributed by atoms with Gasteiger partial charge < -0.3 is 0 Å². The Morgan fingerprint density at radius 1 is 0.812 bits per heavy atom. The monoisotopic (exact) mass is 220 g/mol. The molecule has 4 heteroatoms. The van der Waals surface area contributed by atoms with Gasteiger partial charge in [0.1, 0.15) is 0 Å². The summed E-state index contributed by atoms with van der Waals surface area (Å²) in [5.74, 6) is -0.975. The molecule has 16 heavy (non-hydrogen) atoms. The van der Waals surface area contributed by atoms with Crippen molar-refractivity contribution in [3.8, 4) is 0 Å². The molecule has 0 spiro atoms. The molecule has 2 aromatic rings. The maximum Gasteiger partial charge on any atom is 0.213 e. The molecule has 0 unspecified atom stereocenters. The molecule has 0 aromatic carbocycles. The summed E-state index contributed by atoms with van der Waals surface area (Å²) in [6, 6.07) is 6.27. The number of hydrogen-bond acceptors (Lipinski definition) is 2. The van der Waals surface area contributed by atoms with Crippen molar-refractivity contribution in [3.63, 3.8) is 0 Å². The van der Waals surface area contributed by atoms with Crippen LogP contribution in [0.25, 0.3) is 0 Å². The van der Waals surface area contributed by atoms with Gasteiger partial charge in [0.2, 0.25) is 11.9 Å². The second-order valence-electron chi connectivity index (χ2n) is 3.47. The highest BCUT2D eigenvalue weighted by molar-refractivity contribution is 5.16. The molecule has 0 radical (unpaired) electrons. The van der Waals surface area contributed by atoms with Gasteiger partial charge in [-0.2, -0.15) is 8.78 Å². The smallest absolute Gasteiger partial charge is 0.213 e. The fourth-order valence-electron chi connectivity index (χ4n) is 1.48. The van der Waals surface area contributed by atoms with Gasteiger partial charge in [-0.1, -0.05) is 0 Å². The number of aryl methyl sites for hydroxylation is 2. The maximum atomic E-state index is 12.8. The van der Waals surface area contributed by atoms with Crippen molar-refractivity contribution in [2.45, 2.75) is 12.8 Å². The van der Waals surface area contributed by atoms with Gasteiger partial charge in [-0.05, 0) is 48.2 Å². The van der Waals surface area contributed by atoms with Crippen LogP contribution in [0.2, 0.25) is 0 Å². The third-order valence-corrected chi connectivity index (χ3v) is 2.28. The lowest BCUT2D eigenvalue weighted by atomic mass is 10.1. The minimum absolute atomic E-state index is 0.488. The lowest BCUT2D eigenvalue weighted by molar-refractivity contribution is 0.578. The summed E-state index contributed by atoms with van der Waals surface area (Å²) < 4.78 is 25.6. The van der Waals surface area contributed by atoms with Crippen LogP contribution in [-0.4, -0.2) is 9.97 Å². The number of pyridine rings is 2. The van der Waals surface area contributed by atoms with Gasteiger partial charge in [-0.3, -0.25) is 0 Å². The van der Waals surface area contributed by atoms with E-state index in [1.165, 1.54) is 24.5 Å². The molecule has 0 amide bonds. The topological polar surface area (TPSA) is 25.8 Å². The molecule has 0 N–H and O–H groups in total. The number of hydrogen-bond donors (Lipinski definition) is 0. The molecule has 0 aliphatic carbocycles. The van der Waals surface area contributed by atoms with E-state index in [9.17, 15) is 8.78 Å². The largest absolute Gasteiger partial charge is 0.228 e. The summed E-state index contributed by atoms with van der Waals surface area (Å²) in [7, 11) is 0. The first-order valence-corrected chi connectivity index (χ1v) is 4.95. The van der Waals surface area contributed by atoms with Crippen LogP contribution in [0, 0.1) is 11.9 Å². The van der Waals surface area contributed by atoms with Crippen LogP contribution in [-0.2, 0) is 12.8 Å². The lowest BCUT2D eigenvalue weighted by Crippen LogP contribution is -1.94. The van der Waals surface area contributed by atoms with E-state index in [0.29, 0.717) is 12.8 Å². The van der Waals surface area contributed by atoms with E-state index < -0.39 is 11.9 Å². The van der Waals surface area contributed by atoms with Crippen molar-refractivity contribution in [2.24, 2.45) is 0 Å². The Morgan fingerprint density at radius 2 is 1.25 bits per heavy atom. The van der Waals surface area contributed by atoms with Gasteiger partial charge in [0, 0.05) is 12.4 Å². The Kier molecular flexibility index (Phi) is 3.19. The van der Waals surface area contributed by atoms with Crippen molar-refractivity contribution in [2.75, 3.05) is 0 Å². The summed E-state index contributed by atoms with van der Waals surface area (Å²) >= 11 is 0. The van der Waals surface area contributed by atoms with E-state index in [1.54, 1.807) is 12.1 Å². The zero-order valence-corrected chi connectivity index (χ0v) is 8.53. The normalized spacial score (nSPS) is 10.4. The molecular weight excluding hydrogens is 210 g/mol. The minimum atomic E-state index is -0.488. The van der Waals surface area contributed by atoms with Crippen molar-refractivity contribution in [1.82, 2.24) is 9.97 Å². The minimum Gasteiger partial charge on any atom is -0.228 e. The van der Waals surface area contributed by atoms with Crippen LogP contribution in [0.3, 0.4) is 0 Å². The molecule has 0 saturated heterocycles. The first-order chi connectivity index (χ1) is 7.74. The molecule has 0 aliphatic heterocycles. The van der Waals surface area contributed by atoms with Gasteiger partial charge in [-0.25, -0.2) is 9.97 Å². The zero-order chi connectivity index (χ0) is 11.4. The third-order valence-electron chi connectivity index (χ3n) is 2.28. The predicted molar refractivity (Wildman–Crippen MR) is 55.8 cm³/mol. The standard InChI is InChI=1S/C12H10F2N2/c13-11-7-9(3-5-15-11)1-2-10-4-6-16-12(14)8-10/h3-8H,1-2H2. The quantitative estimate of drug-likeness (QED) is 0.743. The highest BCUT2D eigenvalue weighted by atomic mass is 19.1. The highest BCUT2D eigenvalue weighted by Crippen LogP contribution is 2.08. The van der Waals surface area contributed by atoms with E-state index in [-0.39, 0.29) is 0 Å². The average molecular weight is 220 g/mol. The van der Waals surface area contributed by atoms with Crippen molar-refractivity contribution in [3.05, 3.63) is 59.7 Å². The van der Waals surface area contributed by atoms with Crippen LogP contribution < -0.4 is 0 Å². The maximum absolute atomic E-state index is 12.8. The summed E-state index contributed by atoms with van der Waals surface area (Å²) in [5.41, 5.74) is 1.70. The fraction of sp³-hybridized carbons (Fsp3) is 0.167. The molecule has 0 bridgehead atoms. The Labute approximate surface area is 92.0 Å². The number of halogens is 2. The molecule has 0 saturated carbocycles. The van der Waals surface area contributed by atoms with Crippen LogP contribution in [0.1, 0.15) is 11.1 Å². The molecule has 0 fully saturated rings. The second-order valence-corrected chi connectivity index (χ2v) is 3.47. The average Bonchev–Trinajstić information content (AvgIpc) is 2.27. The van der Waals surface area contributed by atoms with Gasteiger partial charge in [-0.15, -0.1) is 0 Å². The fourth-order valence-corrected chi connectivity index (χ4v) is 1.48. The zero-order valence-electron chi connectivity index (χ0n) is 8.53. The van der Waals surface area contributed by atoms with Crippen molar-refractivity contribution < 1.29 is 8.78 Å². The lowest BCUT2D eigenvalue weighted by Gasteiger charge is -2.01. The number of aromatic nitrogens is 2. The second kappa shape index (κ2) is 4.79. The van der Waals surface area contributed by atoms with Crippen LogP contribution in [0.5, 0.6) is 0 Å². The first-order valence-electron chi connectivity index (χ1n) is 4.95. The molecule has 0 atom stereocenters. The van der Waals surface area contributed by atoms with E-state index in [1.807, 2.05) is 0 Å². The Hall–Kier alpha value is -1.84. The highest BCUT2D eigenvalue weighted by Gasteiger charge is 1.99. The summed E-state index contributed by atoms with van der Waals surface area (Å²) in [6.07, 6.45) is 4.17. The molecule has 2 rings (SSSR count). The Morgan fingerprint density at radius 3 is 1.62 bits per heavy atom. The van der Waals surface area contributed by atoms with Crippen molar-refractivity contribution >= 4 is 0 Å². The van der Waals surface area contributed by atoms with Gasteiger partial charge >= 0.3 is 0 Å². The SMILES string of the molecule is Fc1cc(CCc2ccnc(F)c2)ccn1.